The second kappa shape index (κ2) is 3.97. The zero-order valence-corrected chi connectivity index (χ0v) is 8.44. The molecule has 0 aliphatic rings. The fourth-order valence-corrected chi connectivity index (χ4v) is 1.31. The Morgan fingerprint density at radius 3 is 2.93 bits per heavy atom. The van der Waals surface area contributed by atoms with Gasteiger partial charge in [-0.1, -0.05) is 5.92 Å². The van der Waals surface area contributed by atoms with E-state index in [1.807, 2.05) is 6.92 Å². The zero-order valence-electron chi connectivity index (χ0n) is 8.44. The van der Waals surface area contributed by atoms with Gasteiger partial charge in [-0.25, -0.2) is 4.79 Å². The van der Waals surface area contributed by atoms with Crippen molar-refractivity contribution in [3.8, 4) is 12.3 Å². The molecule has 1 rings (SSSR count). The normalized spacial score (nSPS) is 11.9. The van der Waals surface area contributed by atoms with E-state index in [0.717, 1.165) is 0 Å². The van der Waals surface area contributed by atoms with Crippen LogP contribution < -0.4 is 0 Å². The van der Waals surface area contributed by atoms with Gasteiger partial charge in [-0.15, -0.1) is 6.42 Å². The third-order valence-corrected chi connectivity index (χ3v) is 2.05. The van der Waals surface area contributed by atoms with E-state index in [-0.39, 0.29) is 5.92 Å². The van der Waals surface area contributed by atoms with E-state index in [9.17, 15) is 4.79 Å². The summed E-state index contributed by atoms with van der Waals surface area (Å²) in [5.41, 5.74) is 1.14. The minimum Gasteiger partial charge on any atom is -0.465 e. The lowest BCUT2D eigenvalue weighted by molar-refractivity contribution is 0.0599. The molecule has 0 saturated heterocycles. The summed E-state index contributed by atoms with van der Waals surface area (Å²) in [7, 11) is 3.08. The molecule has 0 amide bonds. The summed E-state index contributed by atoms with van der Waals surface area (Å²) in [4.78, 5) is 11.3. The van der Waals surface area contributed by atoms with Gasteiger partial charge in [0, 0.05) is 7.05 Å². The van der Waals surface area contributed by atoms with Crippen molar-refractivity contribution in [2.24, 2.45) is 7.05 Å². The summed E-state index contributed by atoms with van der Waals surface area (Å²) < 4.78 is 6.22. The predicted octanol–water partition coefficient (Wildman–Crippen LogP) is 0.943. The molecule has 4 heteroatoms. The number of terminal acetylenes is 1. The predicted molar refractivity (Wildman–Crippen MR) is 51.8 cm³/mol. The largest absolute Gasteiger partial charge is 0.465 e. The highest BCUT2D eigenvalue weighted by Crippen LogP contribution is 2.18. The van der Waals surface area contributed by atoms with Crippen LogP contribution in [0.5, 0.6) is 0 Å². The minimum absolute atomic E-state index is 0.156. The Bertz CT molecular complexity index is 387. The lowest BCUT2D eigenvalue weighted by Gasteiger charge is -2.07. The quantitative estimate of drug-likeness (QED) is 0.517. The molecular weight excluding hydrogens is 180 g/mol. The summed E-state index contributed by atoms with van der Waals surface area (Å²) in [6.45, 7) is 1.84. The average Bonchev–Trinajstić information content (AvgIpc) is 2.58. The number of esters is 1. The molecule has 0 spiro atoms. The van der Waals surface area contributed by atoms with E-state index >= 15 is 0 Å². The third-order valence-electron chi connectivity index (χ3n) is 2.05. The molecule has 0 fully saturated rings. The maximum Gasteiger partial charge on any atom is 0.341 e. The molecule has 1 unspecified atom stereocenters. The molecule has 0 aliphatic carbocycles. The Labute approximate surface area is 82.9 Å². The van der Waals surface area contributed by atoms with E-state index < -0.39 is 5.97 Å². The van der Waals surface area contributed by atoms with Crippen LogP contribution in [-0.2, 0) is 11.8 Å². The molecule has 0 radical (unpaired) electrons. The first-order valence-corrected chi connectivity index (χ1v) is 4.18. The van der Waals surface area contributed by atoms with Crippen LogP contribution in [0.15, 0.2) is 6.20 Å². The lowest BCUT2D eigenvalue weighted by atomic mass is 10.1. The summed E-state index contributed by atoms with van der Waals surface area (Å²) in [5.74, 6) is 2.00. The molecule has 14 heavy (non-hydrogen) atoms. The molecule has 1 heterocycles. The smallest absolute Gasteiger partial charge is 0.341 e. The van der Waals surface area contributed by atoms with Crippen LogP contribution in [0.2, 0.25) is 0 Å². The highest BCUT2D eigenvalue weighted by Gasteiger charge is 2.19. The van der Waals surface area contributed by atoms with Gasteiger partial charge in [0.1, 0.15) is 5.56 Å². The van der Waals surface area contributed by atoms with E-state index in [0.29, 0.717) is 11.3 Å². The van der Waals surface area contributed by atoms with Gasteiger partial charge in [0.25, 0.3) is 0 Å². The van der Waals surface area contributed by atoms with E-state index in [1.165, 1.54) is 13.3 Å². The van der Waals surface area contributed by atoms with Crippen molar-refractivity contribution in [3.63, 3.8) is 0 Å². The summed E-state index contributed by atoms with van der Waals surface area (Å²) in [6, 6.07) is 0. The van der Waals surface area contributed by atoms with E-state index in [4.69, 9.17) is 6.42 Å². The molecule has 74 valence electrons. The van der Waals surface area contributed by atoms with Gasteiger partial charge >= 0.3 is 5.97 Å². The number of carbonyl (C=O) groups is 1. The van der Waals surface area contributed by atoms with Crippen molar-refractivity contribution in [2.75, 3.05) is 7.11 Å². The maximum absolute atomic E-state index is 11.3. The first-order chi connectivity index (χ1) is 6.61. The summed E-state index contributed by atoms with van der Waals surface area (Å²) >= 11 is 0. The van der Waals surface area contributed by atoms with Gasteiger partial charge in [0.15, 0.2) is 0 Å². The number of rotatable bonds is 2. The van der Waals surface area contributed by atoms with Crippen molar-refractivity contribution in [3.05, 3.63) is 17.5 Å². The monoisotopic (exact) mass is 192 g/mol. The second-order valence-corrected chi connectivity index (χ2v) is 2.95. The molecule has 1 aromatic rings. The van der Waals surface area contributed by atoms with Crippen LogP contribution in [0.3, 0.4) is 0 Å². The van der Waals surface area contributed by atoms with Crippen LogP contribution in [0.25, 0.3) is 0 Å². The Hall–Kier alpha value is -1.76. The Morgan fingerprint density at radius 2 is 2.43 bits per heavy atom. The average molecular weight is 192 g/mol. The molecule has 0 aliphatic heterocycles. The van der Waals surface area contributed by atoms with E-state index in [2.05, 4.69) is 15.8 Å². The molecular formula is C10H12N2O2. The number of hydrogen-bond acceptors (Lipinski definition) is 3. The van der Waals surface area contributed by atoms with Crippen LogP contribution in [-0.4, -0.2) is 22.9 Å². The Morgan fingerprint density at radius 1 is 1.79 bits per heavy atom. The van der Waals surface area contributed by atoms with Crippen molar-refractivity contribution >= 4 is 5.97 Å². The van der Waals surface area contributed by atoms with Crippen LogP contribution >= 0.6 is 0 Å². The van der Waals surface area contributed by atoms with Crippen molar-refractivity contribution < 1.29 is 9.53 Å². The molecule has 1 aromatic heterocycles. The fourth-order valence-electron chi connectivity index (χ4n) is 1.31. The minimum atomic E-state index is -0.407. The lowest BCUT2D eigenvalue weighted by Crippen LogP contribution is -2.08. The van der Waals surface area contributed by atoms with Gasteiger partial charge in [0.05, 0.1) is 24.9 Å². The van der Waals surface area contributed by atoms with Gasteiger partial charge < -0.3 is 4.74 Å². The van der Waals surface area contributed by atoms with E-state index in [1.54, 1.807) is 11.7 Å². The number of ether oxygens (including phenoxy) is 1. The molecule has 4 nitrogen and oxygen atoms in total. The van der Waals surface area contributed by atoms with Crippen LogP contribution in [0, 0.1) is 12.3 Å². The van der Waals surface area contributed by atoms with Crippen molar-refractivity contribution in [1.82, 2.24) is 9.78 Å². The number of aryl methyl sites for hydroxylation is 1. The molecule has 0 N–H and O–H groups in total. The fraction of sp³-hybridized carbons (Fsp3) is 0.400. The highest BCUT2D eigenvalue weighted by atomic mass is 16.5. The number of carbonyl (C=O) groups excluding carboxylic acids is 1. The SMILES string of the molecule is C#CC(C)c1c(C(=O)OC)cnn1C. The van der Waals surface area contributed by atoms with Crippen LogP contribution in [0.4, 0.5) is 0 Å². The molecule has 0 saturated carbocycles. The topological polar surface area (TPSA) is 44.1 Å². The molecule has 0 aromatic carbocycles. The van der Waals surface area contributed by atoms with Gasteiger partial charge in [-0.05, 0) is 6.92 Å². The second-order valence-electron chi connectivity index (χ2n) is 2.95. The number of aromatic nitrogens is 2. The summed E-state index contributed by atoms with van der Waals surface area (Å²) in [5, 5.41) is 3.97. The Balaban J connectivity index is 3.20. The maximum atomic E-state index is 11.3. The van der Waals surface area contributed by atoms with Crippen LogP contribution in [0.1, 0.15) is 28.9 Å². The Kier molecular flexibility index (Phi) is 2.92. The molecule has 1 atom stereocenters. The number of methoxy groups -OCH3 is 1. The molecule has 0 bridgehead atoms. The number of hydrogen-bond donors (Lipinski definition) is 0. The first kappa shape index (κ1) is 10.3. The summed E-state index contributed by atoms with van der Waals surface area (Å²) in [6.07, 6.45) is 6.77. The zero-order chi connectivity index (χ0) is 10.7. The van der Waals surface area contributed by atoms with Crippen molar-refractivity contribution in [2.45, 2.75) is 12.8 Å². The van der Waals surface area contributed by atoms with Gasteiger partial charge in [0.2, 0.25) is 0 Å². The first-order valence-electron chi connectivity index (χ1n) is 4.18. The third kappa shape index (κ3) is 1.62. The number of nitrogens with zero attached hydrogens (tertiary/aromatic N) is 2. The highest BCUT2D eigenvalue weighted by molar-refractivity contribution is 5.90. The van der Waals surface area contributed by atoms with Gasteiger partial charge in [-0.2, -0.15) is 5.10 Å². The standard InChI is InChI=1S/C10H12N2O2/c1-5-7(2)9-8(10(13)14-4)6-11-12(9)3/h1,6-7H,2-4H3. The van der Waals surface area contributed by atoms with Crippen molar-refractivity contribution in [1.29, 1.82) is 0 Å². The van der Waals surface area contributed by atoms with Gasteiger partial charge in [-0.3, -0.25) is 4.68 Å².